The molecule has 1 rings (SSSR count). The first-order valence-corrected chi connectivity index (χ1v) is 25.4. The number of carbonyl (C=O) groups excluding carboxylic acids is 2. The topological polar surface area (TPSA) is 58.2 Å². The molecule has 0 saturated carbocycles. The van der Waals surface area contributed by atoms with E-state index in [2.05, 4.69) is 24.5 Å². The third-order valence-corrected chi connectivity index (χ3v) is 12.0. The van der Waals surface area contributed by atoms with Crippen molar-refractivity contribution in [3.63, 3.8) is 0 Å². The third kappa shape index (κ3) is 37.7. The summed E-state index contributed by atoms with van der Waals surface area (Å²) in [6.07, 6.45) is 55.8. The Labute approximate surface area is 350 Å². The Morgan fingerprint density at radius 1 is 0.286 bits per heavy atom. The first kappa shape index (κ1) is 52.2. The highest BCUT2D eigenvalue weighted by Crippen LogP contribution is 2.19. The second-order valence-corrected chi connectivity index (χ2v) is 17.6. The molecule has 0 fully saturated rings. The van der Waals surface area contributed by atoms with Gasteiger partial charge in [-0.2, -0.15) is 0 Å². The van der Waals surface area contributed by atoms with Crippen molar-refractivity contribution in [2.45, 2.75) is 284 Å². The fourth-order valence-electron chi connectivity index (χ4n) is 8.17. The molecule has 1 aromatic carbocycles. The van der Waals surface area contributed by atoms with Gasteiger partial charge in [-0.25, -0.2) is 0 Å². The fourth-order valence-corrected chi connectivity index (χ4v) is 8.17. The summed E-state index contributed by atoms with van der Waals surface area (Å²) in [6.45, 7) is 4.59. The second kappa shape index (κ2) is 42.8. The largest absolute Gasteiger partial charge is 0.326 e. The lowest BCUT2D eigenvalue weighted by Crippen LogP contribution is -2.12. The number of amides is 2. The maximum absolute atomic E-state index is 12.4. The molecule has 0 unspecified atom stereocenters. The normalized spacial score (nSPS) is 11.3. The zero-order valence-corrected chi connectivity index (χ0v) is 37.8. The van der Waals surface area contributed by atoms with Gasteiger partial charge in [0.25, 0.3) is 0 Å². The molecule has 0 aromatic heterocycles. The Morgan fingerprint density at radius 2 is 0.446 bits per heavy atom. The molecule has 2 amide bonds. The smallest absolute Gasteiger partial charge is 0.224 e. The van der Waals surface area contributed by atoms with E-state index in [1.54, 1.807) is 0 Å². The van der Waals surface area contributed by atoms with Crippen molar-refractivity contribution in [3.05, 3.63) is 24.3 Å². The van der Waals surface area contributed by atoms with Crippen molar-refractivity contribution >= 4 is 23.2 Å². The average Bonchev–Trinajstić information content (AvgIpc) is 3.20. The number of benzene rings is 1. The van der Waals surface area contributed by atoms with Crippen LogP contribution in [0.2, 0.25) is 0 Å². The SMILES string of the molecule is CCCCCCCCCCCCCCCCCCCCCCC(=O)Nc1ccc(NC(=O)CCCCCCCCCCCCCCCCCCCCCC)cc1. The van der Waals surface area contributed by atoms with Crippen molar-refractivity contribution in [2.24, 2.45) is 0 Å². The number of hydrogen-bond donors (Lipinski definition) is 2. The van der Waals surface area contributed by atoms with E-state index in [4.69, 9.17) is 0 Å². The Balaban J connectivity index is 1.85. The van der Waals surface area contributed by atoms with Gasteiger partial charge in [-0.15, -0.1) is 0 Å². The first-order valence-electron chi connectivity index (χ1n) is 25.4. The van der Waals surface area contributed by atoms with Crippen molar-refractivity contribution in [1.29, 1.82) is 0 Å². The molecule has 0 aliphatic heterocycles. The quantitative estimate of drug-likeness (QED) is 0.0648. The van der Waals surface area contributed by atoms with Crippen LogP contribution < -0.4 is 10.6 Å². The van der Waals surface area contributed by atoms with Crippen LogP contribution in [0.25, 0.3) is 0 Å². The van der Waals surface area contributed by atoms with Crippen LogP contribution >= 0.6 is 0 Å². The number of hydrogen-bond acceptors (Lipinski definition) is 2. The molecule has 4 nitrogen and oxygen atoms in total. The molecular weight excluding hydrogens is 685 g/mol. The maximum atomic E-state index is 12.4. The summed E-state index contributed by atoms with van der Waals surface area (Å²) in [5.74, 6) is 0.174. The minimum absolute atomic E-state index is 0.0868. The summed E-state index contributed by atoms with van der Waals surface area (Å²) in [5.41, 5.74) is 1.60. The van der Waals surface area contributed by atoms with Gasteiger partial charge in [0.15, 0.2) is 0 Å². The molecule has 56 heavy (non-hydrogen) atoms. The molecule has 0 atom stereocenters. The van der Waals surface area contributed by atoms with Crippen LogP contribution in [0.1, 0.15) is 284 Å². The van der Waals surface area contributed by atoms with E-state index >= 15 is 0 Å². The van der Waals surface area contributed by atoms with Crippen LogP contribution in [0.4, 0.5) is 11.4 Å². The van der Waals surface area contributed by atoms with E-state index in [-0.39, 0.29) is 11.8 Å². The summed E-state index contributed by atoms with van der Waals surface area (Å²) in [5, 5.41) is 6.04. The van der Waals surface area contributed by atoms with Crippen LogP contribution in [0.15, 0.2) is 24.3 Å². The molecule has 0 aliphatic rings. The van der Waals surface area contributed by atoms with Gasteiger partial charge in [0.2, 0.25) is 11.8 Å². The van der Waals surface area contributed by atoms with Crippen molar-refractivity contribution in [1.82, 2.24) is 0 Å². The molecular formula is C52H96N2O2. The molecule has 0 aliphatic carbocycles. The number of anilines is 2. The van der Waals surface area contributed by atoms with Gasteiger partial charge in [-0.1, -0.05) is 258 Å². The average molecular weight is 781 g/mol. The predicted octanol–water partition coefficient (Wildman–Crippen LogP) is 18.0. The minimum Gasteiger partial charge on any atom is -0.326 e. The molecule has 0 heterocycles. The Bertz CT molecular complexity index is 883. The zero-order chi connectivity index (χ0) is 40.3. The lowest BCUT2D eigenvalue weighted by Gasteiger charge is -2.08. The molecule has 0 bridgehead atoms. The number of unbranched alkanes of at least 4 members (excludes halogenated alkanes) is 38. The second-order valence-electron chi connectivity index (χ2n) is 17.6. The standard InChI is InChI=1S/C52H96N2O2/c1-3-5-7-9-11-13-15-17-19-21-23-25-27-29-31-33-35-37-39-41-43-51(55)53-49-45-47-50(48-46-49)54-52(56)44-42-40-38-36-34-32-30-28-26-24-22-20-18-16-14-12-10-8-6-4-2/h45-48H,3-44H2,1-2H3,(H,53,55)(H,54,56). The van der Waals surface area contributed by atoms with E-state index in [1.807, 2.05) is 24.3 Å². The fraction of sp³-hybridized carbons (Fsp3) is 0.846. The Hall–Kier alpha value is -1.84. The van der Waals surface area contributed by atoms with Crippen LogP contribution in [0.5, 0.6) is 0 Å². The summed E-state index contributed by atoms with van der Waals surface area (Å²) < 4.78 is 0. The van der Waals surface area contributed by atoms with E-state index < -0.39 is 0 Å². The molecule has 0 saturated heterocycles. The van der Waals surface area contributed by atoms with Gasteiger partial charge >= 0.3 is 0 Å². The summed E-state index contributed by atoms with van der Waals surface area (Å²) in [6, 6.07) is 7.57. The van der Waals surface area contributed by atoms with Gasteiger partial charge in [0.05, 0.1) is 0 Å². The van der Waals surface area contributed by atoms with Gasteiger partial charge in [-0.3, -0.25) is 9.59 Å². The first-order chi connectivity index (χ1) is 27.7. The molecule has 2 N–H and O–H groups in total. The zero-order valence-electron chi connectivity index (χ0n) is 37.8. The minimum atomic E-state index is 0.0868. The Morgan fingerprint density at radius 3 is 0.625 bits per heavy atom. The van der Waals surface area contributed by atoms with Gasteiger partial charge in [0, 0.05) is 24.2 Å². The molecule has 0 radical (unpaired) electrons. The van der Waals surface area contributed by atoms with Gasteiger partial charge in [-0.05, 0) is 37.1 Å². The summed E-state index contributed by atoms with van der Waals surface area (Å²) >= 11 is 0. The van der Waals surface area contributed by atoms with E-state index in [0.717, 1.165) is 37.1 Å². The third-order valence-electron chi connectivity index (χ3n) is 12.0. The highest BCUT2D eigenvalue weighted by molar-refractivity contribution is 5.92. The van der Waals surface area contributed by atoms with Crippen LogP contribution in [-0.2, 0) is 9.59 Å². The monoisotopic (exact) mass is 781 g/mol. The lowest BCUT2D eigenvalue weighted by molar-refractivity contribution is -0.117. The van der Waals surface area contributed by atoms with E-state index in [1.165, 1.54) is 231 Å². The van der Waals surface area contributed by atoms with Gasteiger partial charge < -0.3 is 10.6 Å². The molecule has 1 aromatic rings. The lowest BCUT2D eigenvalue weighted by atomic mass is 10.0. The van der Waals surface area contributed by atoms with Crippen LogP contribution in [0, 0.1) is 0 Å². The maximum Gasteiger partial charge on any atom is 0.224 e. The van der Waals surface area contributed by atoms with Gasteiger partial charge in [0.1, 0.15) is 0 Å². The van der Waals surface area contributed by atoms with E-state index in [0.29, 0.717) is 12.8 Å². The number of nitrogens with one attached hydrogen (secondary N) is 2. The highest BCUT2D eigenvalue weighted by atomic mass is 16.2. The van der Waals surface area contributed by atoms with Crippen LogP contribution in [-0.4, -0.2) is 11.8 Å². The molecule has 0 spiro atoms. The molecule has 4 heteroatoms. The van der Waals surface area contributed by atoms with Crippen molar-refractivity contribution in [3.8, 4) is 0 Å². The van der Waals surface area contributed by atoms with Crippen molar-refractivity contribution in [2.75, 3.05) is 10.6 Å². The molecule has 326 valence electrons. The highest BCUT2D eigenvalue weighted by Gasteiger charge is 2.06. The van der Waals surface area contributed by atoms with Crippen LogP contribution in [0.3, 0.4) is 0 Å². The Kier molecular flexibility index (Phi) is 39.8. The number of rotatable bonds is 44. The van der Waals surface area contributed by atoms with Crippen molar-refractivity contribution < 1.29 is 9.59 Å². The number of carbonyl (C=O) groups is 2. The summed E-state index contributed by atoms with van der Waals surface area (Å²) in [4.78, 5) is 24.9. The van der Waals surface area contributed by atoms with E-state index in [9.17, 15) is 9.59 Å². The predicted molar refractivity (Wildman–Crippen MR) is 249 cm³/mol. The summed E-state index contributed by atoms with van der Waals surface area (Å²) in [7, 11) is 0.